The molecule has 0 heterocycles. The molecule has 0 bridgehead atoms. The molecule has 0 radical (unpaired) electrons. The van der Waals surface area contributed by atoms with Crippen LogP contribution in [0.1, 0.15) is 46.0 Å². The van der Waals surface area contributed by atoms with Crippen molar-refractivity contribution in [2.75, 3.05) is 0 Å². The highest BCUT2D eigenvalue weighted by Gasteiger charge is 2.37. The van der Waals surface area contributed by atoms with Crippen molar-refractivity contribution >= 4 is 0 Å². The van der Waals surface area contributed by atoms with E-state index in [9.17, 15) is 5.11 Å². The first-order valence-electron chi connectivity index (χ1n) is 5.52. The normalized spacial score (nSPS) is 45.3. The Hall–Kier alpha value is -0.300. The van der Waals surface area contributed by atoms with Gasteiger partial charge in [-0.3, -0.25) is 0 Å². The summed E-state index contributed by atoms with van der Waals surface area (Å²) < 4.78 is 0. The largest absolute Gasteiger partial charge is 0.389 e. The summed E-state index contributed by atoms with van der Waals surface area (Å²) in [7, 11) is 0. The lowest BCUT2D eigenvalue weighted by atomic mass is 9.62. The highest BCUT2D eigenvalue weighted by Crippen LogP contribution is 2.49. The Balaban J connectivity index is 2.29. The maximum Gasteiger partial charge on any atom is 0.0724 e. The number of hydrogen-bond acceptors (Lipinski definition) is 1. The van der Waals surface area contributed by atoms with Crippen LogP contribution in [0, 0.1) is 11.3 Å². The minimum absolute atomic E-state index is 0.163. The fourth-order valence-corrected chi connectivity index (χ4v) is 3.08. The van der Waals surface area contributed by atoms with Crippen LogP contribution in [0.25, 0.3) is 0 Å². The van der Waals surface area contributed by atoms with Gasteiger partial charge in [0.25, 0.3) is 0 Å². The summed E-state index contributed by atoms with van der Waals surface area (Å²) in [6, 6.07) is 0. The van der Waals surface area contributed by atoms with Gasteiger partial charge in [0.15, 0.2) is 0 Å². The minimum atomic E-state index is -0.163. The molecule has 2 rings (SSSR count). The van der Waals surface area contributed by atoms with E-state index in [1.165, 1.54) is 31.3 Å². The topological polar surface area (TPSA) is 20.2 Å². The molecule has 0 aromatic carbocycles. The molecule has 3 atom stereocenters. The molecule has 2 aliphatic carbocycles. The molecule has 0 saturated heterocycles. The minimum Gasteiger partial charge on any atom is -0.389 e. The predicted molar refractivity (Wildman–Crippen MR) is 54.4 cm³/mol. The molecule has 74 valence electrons. The van der Waals surface area contributed by atoms with Gasteiger partial charge in [-0.15, -0.1) is 0 Å². The molecule has 0 amide bonds. The molecule has 1 fully saturated rings. The number of rotatable bonds is 0. The van der Waals surface area contributed by atoms with E-state index in [1.54, 1.807) is 0 Å². The Labute approximate surface area is 80.8 Å². The van der Waals surface area contributed by atoms with E-state index < -0.39 is 0 Å². The third kappa shape index (κ3) is 1.54. The highest BCUT2D eigenvalue weighted by molar-refractivity contribution is 5.23. The molecule has 1 heteroatoms. The lowest BCUT2D eigenvalue weighted by molar-refractivity contribution is 0.141. The summed E-state index contributed by atoms with van der Waals surface area (Å²) in [6.07, 6.45) is 8.13. The Morgan fingerprint density at radius 2 is 2.15 bits per heavy atom. The molecule has 0 spiro atoms. The molecule has 2 aliphatic rings. The molecule has 1 N–H and O–H groups in total. The number of hydrogen-bond donors (Lipinski definition) is 1. The summed E-state index contributed by atoms with van der Waals surface area (Å²) in [4.78, 5) is 0. The molecular formula is C12H20O. The molecule has 1 saturated carbocycles. The monoisotopic (exact) mass is 180 g/mol. The maximum absolute atomic E-state index is 9.60. The van der Waals surface area contributed by atoms with Gasteiger partial charge in [0, 0.05) is 0 Å². The molecule has 1 unspecified atom stereocenters. The van der Waals surface area contributed by atoms with Gasteiger partial charge in [-0.2, -0.15) is 0 Å². The lowest BCUT2D eigenvalue weighted by Gasteiger charge is -2.43. The van der Waals surface area contributed by atoms with Crippen LogP contribution in [-0.4, -0.2) is 11.2 Å². The van der Waals surface area contributed by atoms with Gasteiger partial charge in [0.2, 0.25) is 0 Å². The van der Waals surface area contributed by atoms with E-state index in [2.05, 4.69) is 19.9 Å². The second kappa shape index (κ2) is 3.13. The third-order valence-corrected chi connectivity index (χ3v) is 3.96. The van der Waals surface area contributed by atoms with Crippen molar-refractivity contribution in [2.24, 2.45) is 11.3 Å². The number of allylic oxidation sites excluding steroid dienone is 1. The number of aliphatic hydroxyl groups is 1. The average Bonchev–Trinajstić information content (AvgIpc) is 2.08. The SMILES string of the molecule is C[C@H]1CCC[C@@]2(C)CCC(O)C=C12. The van der Waals surface area contributed by atoms with Crippen molar-refractivity contribution in [3.8, 4) is 0 Å². The Morgan fingerprint density at radius 1 is 1.38 bits per heavy atom. The fourth-order valence-electron chi connectivity index (χ4n) is 3.08. The van der Waals surface area contributed by atoms with Crippen LogP contribution >= 0.6 is 0 Å². The standard InChI is InChI=1S/C12H20O/c1-9-4-3-6-12(2)7-5-10(13)8-11(9)12/h8-10,13H,3-7H2,1-2H3/t9-,10?,12-/m0/s1. The zero-order valence-corrected chi connectivity index (χ0v) is 8.71. The summed E-state index contributed by atoms with van der Waals surface area (Å²) in [5.74, 6) is 0.702. The molecule has 1 nitrogen and oxygen atoms in total. The van der Waals surface area contributed by atoms with E-state index >= 15 is 0 Å². The van der Waals surface area contributed by atoms with Crippen LogP contribution in [-0.2, 0) is 0 Å². The van der Waals surface area contributed by atoms with E-state index in [0.29, 0.717) is 11.3 Å². The van der Waals surface area contributed by atoms with Crippen molar-refractivity contribution in [2.45, 2.75) is 52.1 Å². The first kappa shape index (κ1) is 9.26. The van der Waals surface area contributed by atoms with Crippen LogP contribution in [0.2, 0.25) is 0 Å². The lowest BCUT2D eigenvalue weighted by Crippen LogP contribution is -2.33. The number of fused-ring (bicyclic) bond motifs is 1. The zero-order chi connectivity index (χ0) is 9.47. The first-order chi connectivity index (χ1) is 6.12. The maximum atomic E-state index is 9.60. The van der Waals surface area contributed by atoms with Crippen molar-refractivity contribution in [3.63, 3.8) is 0 Å². The van der Waals surface area contributed by atoms with Crippen LogP contribution < -0.4 is 0 Å². The molecular weight excluding hydrogens is 160 g/mol. The second-order valence-corrected chi connectivity index (χ2v) is 5.08. The molecule has 0 aromatic heterocycles. The Kier molecular flexibility index (Phi) is 2.23. The zero-order valence-electron chi connectivity index (χ0n) is 8.71. The van der Waals surface area contributed by atoms with Gasteiger partial charge in [0.1, 0.15) is 0 Å². The van der Waals surface area contributed by atoms with Crippen molar-refractivity contribution in [1.29, 1.82) is 0 Å². The van der Waals surface area contributed by atoms with Crippen molar-refractivity contribution in [1.82, 2.24) is 0 Å². The average molecular weight is 180 g/mol. The van der Waals surface area contributed by atoms with Gasteiger partial charge in [-0.25, -0.2) is 0 Å². The highest BCUT2D eigenvalue weighted by atomic mass is 16.3. The molecule has 0 aromatic rings. The number of aliphatic hydroxyl groups excluding tert-OH is 1. The predicted octanol–water partition coefficient (Wildman–Crippen LogP) is 2.89. The Bertz CT molecular complexity index is 231. The van der Waals surface area contributed by atoms with Crippen LogP contribution in [0.5, 0.6) is 0 Å². The summed E-state index contributed by atoms with van der Waals surface area (Å²) in [5, 5.41) is 9.60. The van der Waals surface area contributed by atoms with Gasteiger partial charge >= 0.3 is 0 Å². The smallest absolute Gasteiger partial charge is 0.0724 e. The van der Waals surface area contributed by atoms with Gasteiger partial charge in [-0.1, -0.05) is 31.9 Å². The summed E-state index contributed by atoms with van der Waals surface area (Å²) in [5.41, 5.74) is 1.97. The second-order valence-electron chi connectivity index (χ2n) is 5.08. The Morgan fingerprint density at radius 3 is 2.92 bits per heavy atom. The van der Waals surface area contributed by atoms with Crippen molar-refractivity contribution < 1.29 is 5.11 Å². The van der Waals surface area contributed by atoms with E-state index in [4.69, 9.17) is 0 Å². The summed E-state index contributed by atoms with van der Waals surface area (Å²) >= 11 is 0. The fraction of sp³-hybridized carbons (Fsp3) is 0.833. The quantitative estimate of drug-likeness (QED) is 0.568. The van der Waals surface area contributed by atoms with E-state index in [1.807, 2.05) is 0 Å². The molecule has 0 aliphatic heterocycles. The van der Waals surface area contributed by atoms with Gasteiger partial charge in [0.05, 0.1) is 6.10 Å². The third-order valence-electron chi connectivity index (χ3n) is 3.96. The van der Waals surface area contributed by atoms with Gasteiger partial charge in [-0.05, 0) is 37.0 Å². The molecule has 13 heavy (non-hydrogen) atoms. The van der Waals surface area contributed by atoms with Crippen molar-refractivity contribution in [3.05, 3.63) is 11.6 Å². The van der Waals surface area contributed by atoms with Gasteiger partial charge < -0.3 is 5.11 Å². The van der Waals surface area contributed by atoms with E-state index in [0.717, 1.165) is 6.42 Å². The first-order valence-corrected chi connectivity index (χ1v) is 5.52. The summed E-state index contributed by atoms with van der Waals surface area (Å²) in [6.45, 7) is 4.68. The van der Waals surface area contributed by atoms with Crippen LogP contribution in [0.3, 0.4) is 0 Å². The van der Waals surface area contributed by atoms with Crippen LogP contribution in [0.4, 0.5) is 0 Å². The van der Waals surface area contributed by atoms with E-state index in [-0.39, 0.29) is 6.10 Å². The van der Waals surface area contributed by atoms with Crippen LogP contribution in [0.15, 0.2) is 11.6 Å².